The highest BCUT2D eigenvalue weighted by atomic mass is 16.6. The molecular formula is C15H17N7O3. The van der Waals surface area contributed by atoms with Gasteiger partial charge in [0, 0.05) is 24.6 Å². The molecule has 3 rings (SSSR count). The lowest BCUT2D eigenvalue weighted by Crippen LogP contribution is -2.20. The number of fused-ring (bicyclic) bond motifs is 1. The Bertz CT molecular complexity index is 910. The van der Waals surface area contributed by atoms with Gasteiger partial charge in [0.1, 0.15) is 6.10 Å². The van der Waals surface area contributed by atoms with E-state index in [0.29, 0.717) is 16.8 Å². The van der Waals surface area contributed by atoms with Crippen molar-refractivity contribution < 1.29 is 9.66 Å². The Morgan fingerprint density at radius 3 is 2.72 bits per heavy atom. The van der Waals surface area contributed by atoms with Crippen LogP contribution < -0.4 is 5.73 Å². The van der Waals surface area contributed by atoms with Gasteiger partial charge in [-0.1, -0.05) is 0 Å². The lowest BCUT2D eigenvalue weighted by Gasteiger charge is -2.20. The third-order valence-electron chi connectivity index (χ3n) is 4.12. The Labute approximate surface area is 142 Å². The molecule has 1 atom stereocenters. The van der Waals surface area contributed by atoms with Crippen molar-refractivity contribution >= 4 is 11.3 Å². The predicted molar refractivity (Wildman–Crippen MR) is 87.7 cm³/mol. The Morgan fingerprint density at radius 1 is 1.36 bits per heavy atom. The van der Waals surface area contributed by atoms with Gasteiger partial charge in [-0.05, 0) is 47.5 Å². The van der Waals surface area contributed by atoms with Gasteiger partial charge >= 0.3 is 5.69 Å². The van der Waals surface area contributed by atoms with E-state index in [2.05, 4.69) is 20.5 Å². The van der Waals surface area contributed by atoms with Gasteiger partial charge in [-0.3, -0.25) is 15.1 Å². The standard InChI is InChI=1S/C15H17N7O3/c1-9-10(2)21-15(18-19-20-21)14(22(23)24)13(9)12(7-16)25-8-11-3-5-17-6-4-11/h3-6,12H,7-8,16H2,1-2H3. The molecule has 0 aliphatic heterocycles. The third-order valence-corrected chi connectivity index (χ3v) is 4.12. The van der Waals surface area contributed by atoms with Crippen molar-refractivity contribution in [3.05, 3.63) is 57.0 Å². The molecule has 0 radical (unpaired) electrons. The SMILES string of the molecule is Cc1c(C(CN)OCc2ccncc2)c([N+](=O)[O-])c2nnnn2c1C. The van der Waals surface area contributed by atoms with Gasteiger partial charge in [0.15, 0.2) is 0 Å². The molecular weight excluding hydrogens is 326 g/mol. The van der Waals surface area contributed by atoms with Crippen LogP contribution >= 0.6 is 0 Å². The first-order valence-corrected chi connectivity index (χ1v) is 7.60. The molecule has 0 saturated heterocycles. The minimum absolute atomic E-state index is 0.0778. The van der Waals surface area contributed by atoms with E-state index < -0.39 is 11.0 Å². The van der Waals surface area contributed by atoms with Crippen LogP contribution in [-0.2, 0) is 11.3 Å². The molecule has 0 aliphatic carbocycles. The summed E-state index contributed by atoms with van der Waals surface area (Å²) in [5.41, 5.74) is 8.43. The summed E-state index contributed by atoms with van der Waals surface area (Å²) in [6.07, 6.45) is 2.65. The molecule has 1 unspecified atom stereocenters. The molecule has 0 bridgehead atoms. The highest BCUT2D eigenvalue weighted by Crippen LogP contribution is 2.35. The van der Waals surface area contributed by atoms with Crippen LogP contribution in [0.25, 0.3) is 5.65 Å². The number of aryl methyl sites for hydroxylation is 1. The first kappa shape index (κ1) is 16.9. The van der Waals surface area contributed by atoms with E-state index in [1.807, 2.05) is 12.1 Å². The normalized spacial score (nSPS) is 12.4. The average Bonchev–Trinajstić information content (AvgIpc) is 3.09. The zero-order valence-corrected chi connectivity index (χ0v) is 13.8. The van der Waals surface area contributed by atoms with Crippen LogP contribution in [0.2, 0.25) is 0 Å². The molecule has 0 saturated carbocycles. The lowest BCUT2D eigenvalue weighted by atomic mass is 10.0. The number of nitro groups is 1. The molecule has 3 aromatic heterocycles. The van der Waals surface area contributed by atoms with Gasteiger partial charge in [0.05, 0.1) is 17.1 Å². The molecule has 0 aliphatic rings. The number of ether oxygens (including phenoxy) is 1. The van der Waals surface area contributed by atoms with Gasteiger partial charge in [0.2, 0.25) is 0 Å². The molecule has 0 fully saturated rings. The maximum atomic E-state index is 11.7. The van der Waals surface area contributed by atoms with Crippen LogP contribution in [-0.4, -0.2) is 36.5 Å². The van der Waals surface area contributed by atoms with Crippen LogP contribution in [0.5, 0.6) is 0 Å². The van der Waals surface area contributed by atoms with E-state index in [9.17, 15) is 10.1 Å². The fraction of sp³-hybridized carbons (Fsp3) is 0.333. The van der Waals surface area contributed by atoms with E-state index >= 15 is 0 Å². The van der Waals surface area contributed by atoms with E-state index in [0.717, 1.165) is 5.56 Å². The molecule has 3 aromatic rings. The summed E-state index contributed by atoms with van der Waals surface area (Å²) in [6, 6.07) is 3.62. The molecule has 25 heavy (non-hydrogen) atoms. The number of hydrogen-bond acceptors (Lipinski definition) is 8. The number of aromatic nitrogens is 5. The molecule has 0 amide bonds. The summed E-state index contributed by atoms with van der Waals surface area (Å²) in [6.45, 7) is 3.92. The maximum absolute atomic E-state index is 11.7. The van der Waals surface area contributed by atoms with Gasteiger partial charge < -0.3 is 10.5 Å². The number of tetrazole rings is 1. The lowest BCUT2D eigenvalue weighted by molar-refractivity contribution is -0.384. The van der Waals surface area contributed by atoms with Gasteiger partial charge in [-0.25, -0.2) is 0 Å². The molecule has 3 heterocycles. The van der Waals surface area contributed by atoms with Crippen molar-refractivity contribution in [2.45, 2.75) is 26.6 Å². The molecule has 10 nitrogen and oxygen atoms in total. The summed E-state index contributed by atoms with van der Waals surface area (Å²) in [5.74, 6) is 0. The van der Waals surface area contributed by atoms with Crippen molar-refractivity contribution in [2.75, 3.05) is 6.54 Å². The highest BCUT2D eigenvalue weighted by molar-refractivity contribution is 5.66. The summed E-state index contributed by atoms with van der Waals surface area (Å²) in [4.78, 5) is 15.1. The van der Waals surface area contributed by atoms with Crippen molar-refractivity contribution in [3.63, 3.8) is 0 Å². The fourth-order valence-electron chi connectivity index (χ4n) is 2.73. The second-order valence-electron chi connectivity index (χ2n) is 5.53. The second kappa shape index (κ2) is 6.87. The van der Waals surface area contributed by atoms with Crippen LogP contribution in [0, 0.1) is 24.0 Å². The minimum atomic E-state index is -0.658. The van der Waals surface area contributed by atoms with Crippen LogP contribution in [0.1, 0.15) is 28.5 Å². The van der Waals surface area contributed by atoms with E-state index in [4.69, 9.17) is 10.5 Å². The first-order chi connectivity index (χ1) is 12.0. The zero-order valence-electron chi connectivity index (χ0n) is 13.8. The van der Waals surface area contributed by atoms with Crippen molar-refractivity contribution in [2.24, 2.45) is 5.73 Å². The van der Waals surface area contributed by atoms with Crippen molar-refractivity contribution in [1.82, 2.24) is 25.0 Å². The monoisotopic (exact) mass is 343 g/mol. The summed E-state index contributed by atoms with van der Waals surface area (Å²) >= 11 is 0. The Morgan fingerprint density at radius 2 is 2.08 bits per heavy atom. The number of hydrogen-bond donors (Lipinski definition) is 1. The Hall–Kier alpha value is -2.98. The Kier molecular flexibility index (Phi) is 4.63. The number of nitrogens with two attached hydrogens (primary N) is 1. The fourth-order valence-corrected chi connectivity index (χ4v) is 2.73. The summed E-state index contributed by atoms with van der Waals surface area (Å²) in [7, 11) is 0. The number of pyridine rings is 2. The predicted octanol–water partition coefficient (Wildman–Crippen LogP) is 1.26. The Balaban J connectivity index is 2.06. The number of rotatable bonds is 6. The molecule has 10 heteroatoms. The van der Waals surface area contributed by atoms with E-state index in [1.54, 1.807) is 26.2 Å². The summed E-state index contributed by atoms with van der Waals surface area (Å²) in [5, 5.41) is 22.8. The topological polar surface area (TPSA) is 134 Å². The quantitative estimate of drug-likeness (QED) is 0.522. The van der Waals surface area contributed by atoms with Gasteiger partial charge in [0.25, 0.3) is 5.65 Å². The van der Waals surface area contributed by atoms with Gasteiger partial charge in [-0.2, -0.15) is 4.52 Å². The van der Waals surface area contributed by atoms with Crippen LogP contribution in [0.3, 0.4) is 0 Å². The molecule has 0 aromatic carbocycles. The third kappa shape index (κ3) is 3.04. The largest absolute Gasteiger partial charge is 0.367 e. The molecule has 2 N–H and O–H groups in total. The summed E-state index contributed by atoms with van der Waals surface area (Å²) < 4.78 is 7.24. The molecule has 130 valence electrons. The van der Waals surface area contributed by atoms with E-state index in [-0.39, 0.29) is 24.5 Å². The second-order valence-corrected chi connectivity index (χ2v) is 5.53. The average molecular weight is 343 g/mol. The van der Waals surface area contributed by atoms with Crippen molar-refractivity contribution in [3.8, 4) is 0 Å². The smallest absolute Gasteiger partial charge is 0.321 e. The van der Waals surface area contributed by atoms with Gasteiger partial charge in [-0.15, -0.1) is 5.10 Å². The zero-order chi connectivity index (χ0) is 18.0. The molecule has 0 spiro atoms. The van der Waals surface area contributed by atoms with Crippen LogP contribution in [0.15, 0.2) is 24.5 Å². The van der Waals surface area contributed by atoms with Crippen LogP contribution in [0.4, 0.5) is 5.69 Å². The first-order valence-electron chi connectivity index (χ1n) is 7.60. The van der Waals surface area contributed by atoms with E-state index in [1.165, 1.54) is 4.52 Å². The minimum Gasteiger partial charge on any atom is -0.367 e. The maximum Gasteiger partial charge on any atom is 0.321 e. The van der Waals surface area contributed by atoms with Crippen molar-refractivity contribution in [1.29, 1.82) is 0 Å². The number of nitrogens with zero attached hydrogens (tertiary/aromatic N) is 6. The highest BCUT2D eigenvalue weighted by Gasteiger charge is 2.31.